The van der Waals surface area contributed by atoms with E-state index in [1.165, 1.54) is 18.2 Å². The number of nitrogens with zero attached hydrogens (tertiary/aromatic N) is 1. The molecule has 1 N–H and O–H groups in total. The number of aryl methyl sites for hydroxylation is 1. The molecule has 0 spiro atoms. The first-order valence-electron chi connectivity index (χ1n) is 5.91. The zero-order chi connectivity index (χ0) is 14.5. The van der Waals surface area contributed by atoms with E-state index in [-0.39, 0.29) is 10.9 Å². The molecule has 0 aromatic heterocycles. The minimum atomic E-state index is -3.60. The van der Waals surface area contributed by atoms with E-state index in [1.807, 2.05) is 13.0 Å². The Morgan fingerprint density at radius 2 is 2.16 bits per heavy atom. The van der Waals surface area contributed by atoms with Crippen LogP contribution in [0.5, 0.6) is 0 Å². The lowest BCUT2D eigenvalue weighted by Crippen LogP contribution is -2.34. The number of nitriles is 1. The third kappa shape index (κ3) is 3.82. The topological polar surface area (TPSA) is 70.0 Å². The second-order valence-electron chi connectivity index (χ2n) is 4.22. The minimum Gasteiger partial charge on any atom is -0.207 e. The van der Waals surface area contributed by atoms with Crippen molar-refractivity contribution in [3.05, 3.63) is 29.3 Å². The van der Waals surface area contributed by atoms with Crippen LogP contribution in [0.25, 0.3) is 0 Å². The van der Waals surface area contributed by atoms with E-state index >= 15 is 0 Å². The van der Waals surface area contributed by atoms with Crippen molar-refractivity contribution in [2.45, 2.75) is 37.6 Å². The van der Waals surface area contributed by atoms with Gasteiger partial charge in [-0.25, -0.2) is 13.1 Å². The number of nitrogens with one attached hydrogen (secondary N) is 1. The van der Waals surface area contributed by atoms with Crippen LogP contribution < -0.4 is 4.72 Å². The molecule has 19 heavy (non-hydrogen) atoms. The van der Waals surface area contributed by atoms with Crippen molar-refractivity contribution < 1.29 is 8.42 Å². The average Bonchev–Trinajstić information content (AvgIpc) is 2.37. The largest absolute Gasteiger partial charge is 0.240 e. The van der Waals surface area contributed by atoms with Gasteiger partial charge in [0, 0.05) is 12.5 Å². The van der Waals surface area contributed by atoms with Gasteiger partial charge >= 0.3 is 0 Å². The molecule has 100 valence electrons. The van der Waals surface area contributed by atoms with Crippen molar-refractivity contribution in [2.75, 3.05) is 0 Å². The maximum Gasteiger partial charge on any atom is 0.240 e. The summed E-state index contributed by atoms with van der Waals surface area (Å²) in [5, 5.41) is 8.83. The van der Waals surface area contributed by atoms with Crippen LogP contribution in [0, 0.1) is 30.6 Å². The molecule has 0 aliphatic carbocycles. The van der Waals surface area contributed by atoms with Crippen LogP contribution in [0.3, 0.4) is 0 Å². The van der Waals surface area contributed by atoms with Gasteiger partial charge in [-0.3, -0.25) is 0 Å². The van der Waals surface area contributed by atoms with Gasteiger partial charge in [-0.05, 0) is 37.1 Å². The van der Waals surface area contributed by atoms with Gasteiger partial charge < -0.3 is 0 Å². The molecule has 1 aromatic carbocycles. The van der Waals surface area contributed by atoms with Gasteiger partial charge in [0.05, 0.1) is 16.5 Å². The monoisotopic (exact) mass is 276 g/mol. The van der Waals surface area contributed by atoms with Gasteiger partial charge in [0.25, 0.3) is 0 Å². The van der Waals surface area contributed by atoms with E-state index in [0.29, 0.717) is 24.0 Å². The number of benzene rings is 1. The predicted molar refractivity (Wildman–Crippen MR) is 73.7 cm³/mol. The fourth-order valence-corrected chi connectivity index (χ4v) is 3.03. The van der Waals surface area contributed by atoms with Crippen LogP contribution in [-0.4, -0.2) is 14.5 Å². The Balaban J connectivity index is 3.05. The number of sulfonamides is 1. The summed E-state index contributed by atoms with van der Waals surface area (Å²) in [7, 11) is -3.60. The van der Waals surface area contributed by atoms with Crippen LogP contribution in [0.2, 0.25) is 0 Å². The highest BCUT2D eigenvalue weighted by Gasteiger charge is 2.19. The molecule has 0 aliphatic heterocycles. The lowest BCUT2D eigenvalue weighted by molar-refractivity contribution is 0.544. The standard InChI is InChI=1S/C14H16N2O2S/c1-4-6-13(5-2)16-19(17,18)14-8-7-12(10-15)11(3)9-14/h1,7-9,13,16H,5-6H2,2-3H3. The van der Waals surface area contributed by atoms with Crippen LogP contribution in [0.4, 0.5) is 0 Å². The van der Waals surface area contributed by atoms with Crippen molar-refractivity contribution in [1.29, 1.82) is 5.26 Å². The van der Waals surface area contributed by atoms with E-state index in [2.05, 4.69) is 10.6 Å². The van der Waals surface area contributed by atoms with Crippen LogP contribution >= 0.6 is 0 Å². The highest BCUT2D eigenvalue weighted by Crippen LogP contribution is 2.15. The van der Waals surface area contributed by atoms with Crippen molar-refractivity contribution in [2.24, 2.45) is 0 Å². The quantitative estimate of drug-likeness (QED) is 0.836. The lowest BCUT2D eigenvalue weighted by Gasteiger charge is -2.15. The molecule has 0 amide bonds. The Kier molecular flexibility index (Phi) is 5.11. The molecule has 1 atom stereocenters. The van der Waals surface area contributed by atoms with Gasteiger partial charge in [-0.15, -0.1) is 12.3 Å². The SMILES string of the molecule is C#CCC(CC)NS(=O)(=O)c1ccc(C#N)c(C)c1. The summed E-state index contributed by atoms with van der Waals surface area (Å²) in [5.74, 6) is 2.45. The summed E-state index contributed by atoms with van der Waals surface area (Å²) in [6.07, 6.45) is 6.18. The lowest BCUT2D eigenvalue weighted by atomic mass is 10.1. The summed E-state index contributed by atoms with van der Waals surface area (Å²) in [6.45, 7) is 3.57. The zero-order valence-electron chi connectivity index (χ0n) is 11.0. The summed E-state index contributed by atoms with van der Waals surface area (Å²) in [5.41, 5.74) is 1.10. The maximum absolute atomic E-state index is 12.2. The van der Waals surface area contributed by atoms with E-state index < -0.39 is 10.0 Å². The maximum atomic E-state index is 12.2. The molecule has 1 rings (SSSR count). The molecule has 0 bridgehead atoms. The van der Waals surface area contributed by atoms with Crippen molar-refractivity contribution >= 4 is 10.0 Å². The van der Waals surface area contributed by atoms with Crippen molar-refractivity contribution in [1.82, 2.24) is 4.72 Å². The number of hydrogen-bond acceptors (Lipinski definition) is 3. The van der Waals surface area contributed by atoms with Gasteiger partial charge in [-0.1, -0.05) is 6.92 Å². The highest BCUT2D eigenvalue weighted by atomic mass is 32.2. The molecular formula is C14H16N2O2S. The summed E-state index contributed by atoms with van der Waals surface area (Å²) < 4.78 is 26.9. The first-order chi connectivity index (χ1) is 8.94. The minimum absolute atomic E-state index is 0.152. The molecule has 5 heteroatoms. The molecule has 0 heterocycles. The Morgan fingerprint density at radius 3 is 2.63 bits per heavy atom. The Bertz CT molecular complexity index is 636. The van der Waals surface area contributed by atoms with Gasteiger partial charge in [0.1, 0.15) is 0 Å². The first-order valence-corrected chi connectivity index (χ1v) is 7.39. The smallest absolute Gasteiger partial charge is 0.207 e. The van der Waals surface area contributed by atoms with Crippen LogP contribution in [-0.2, 0) is 10.0 Å². The van der Waals surface area contributed by atoms with Crippen LogP contribution in [0.1, 0.15) is 30.9 Å². The summed E-state index contributed by atoms with van der Waals surface area (Å²) in [4.78, 5) is 0.152. The molecule has 0 radical (unpaired) electrons. The summed E-state index contributed by atoms with van der Waals surface area (Å²) in [6, 6.07) is 6.15. The number of terminal acetylenes is 1. The van der Waals surface area contributed by atoms with Gasteiger partial charge in [0.15, 0.2) is 0 Å². The van der Waals surface area contributed by atoms with Crippen molar-refractivity contribution in [3.63, 3.8) is 0 Å². The molecule has 0 saturated heterocycles. The second-order valence-corrected chi connectivity index (χ2v) is 5.94. The molecule has 4 nitrogen and oxygen atoms in total. The third-order valence-corrected chi connectivity index (χ3v) is 4.33. The zero-order valence-corrected chi connectivity index (χ0v) is 11.8. The molecule has 0 aliphatic rings. The molecule has 0 fully saturated rings. The molecule has 0 saturated carbocycles. The highest BCUT2D eigenvalue weighted by molar-refractivity contribution is 7.89. The van der Waals surface area contributed by atoms with Gasteiger partial charge in [0.2, 0.25) is 10.0 Å². The normalized spacial score (nSPS) is 12.4. The third-order valence-electron chi connectivity index (χ3n) is 2.81. The van der Waals surface area contributed by atoms with Gasteiger partial charge in [-0.2, -0.15) is 5.26 Å². The Morgan fingerprint density at radius 1 is 1.47 bits per heavy atom. The fraction of sp³-hybridized carbons (Fsp3) is 0.357. The first kappa shape index (κ1) is 15.2. The van der Waals surface area contributed by atoms with E-state index in [4.69, 9.17) is 11.7 Å². The summed E-state index contributed by atoms with van der Waals surface area (Å²) >= 11 is 0. The Labute approximate surface area is 114 Å². The Hall–Kier alpha value is -1.82. The van der Waals surface area contributed by atoms with E-state index in [0.717, 1.165) is 0 Å². The van der Waals surface area contributed by atoms with Crippen molar-refractivity contribution in [3.8, 4) is 18.4 Å². The molecule has 1 unspecified atom stereocenters. The fourth-order valence-electron chi connectivity index (χ4n) is 1.63. The average molecular weight is 276 g/mol. The second kappa shape index (κ2) is 6.38. The van der Waals surface area contributed by atoms with Crippen LogP contribution in [0.15, 0.2) is 23.1 Å². The molecular weight excluding hydrogens is 260 g/mol. The van der Waals surface area contributed by atoms with E-state index in [1.54, 1.807) is 6.92 Å². The molecule has 1 aromatic rings. The number of rotatable bonds is 5. The number of hydrogen-bond donors (Lipinski definition) is 1. The predicted octanol–water partition coefficient (Wildman–Crippen LogP) is 1.95. The van der Waals surface area contributed by atoms with E-state index in [9.17, 15) is 8.42 Å².